The Balaban J connectivity index is 1.64. The highest BCUT2D eigenvalue weighted by atomic mass is 35.5. The molecule has 1 saturated heterocycles. The predicted octanol–water partition coefficient (Wildman–Crippen LogP) is 1.35. The van der Waals surface area contributed by atoms with E-state index in [4.69, 9.17) is 22.2 Å². The molecule has 8 nitrogen and oxygen atoms in total. The average Bonchev–Trinajstić information content (AvgIpc) is 3.17. The van der Waals surface area contributed by atoms with Crippen molar-refractivity contribution < 1.29 is 20.1 Å². The zero-order valence-corrected chi connectivity index (χ0v) is 17.6. The molecule has 10 heteroatoms. The van der Waals surface area contributed by atoms with Gasteiger partial charge in [0.1, 0.15) is 12.3 Å². The summed E-state index contributed by atoms with van der Waals surface area (Å²) < 4.78 is 5.72. The first-order valence-corrected chi connectivity index (χ1v) is 10.1. The third-order valence-electron chi connectivity index (χ3n) is 4.56. The molecular formula is C19H23ClN5O3S+. The van der Waals surface area contributed by atoms with Crippen LogP contribution in [0.4, 0.5) is 11.4 Å². The summed E-state index contributed by atoms with van der Waals surface area (Å²) in [6.45, 7) is 3.24. The van der Waals surface area contributed by atoms with Gasteiger partial charge in [-0.25, -0.2) is 5.84 Å². The summed E-state index contributed by atoms with van der Waals surface area (Å²) in [6, 6.07) is 10.7. The minimum absolute atomic E-state index is 0.0625. The molecule has 6 N–H and O–H groups in total. The summed E-state index contributed by atoms with van der Waals surface area (Å²) in [7, 11) is 0. The van der Waals surface area contributed by atoms with E-state index in [1.807, 2.05) is 31.2 Å². The number of benzene rings is 1. The number of thiophene rings is 1. The van der Waals surface area contributed by atoms with E-state index in [0.717, 1.165) is 11.4 Å². The van der Waals surface area contributed by atoms with Crippen LogP contribution in [0.1, 0.15) is 16.6 Å². The van der Waals surface area contributed by atoms with Gasteiger partial charge in [-0.2, -0.15) is 0 Å². The molecule has 0 spiro atoms. The minimum atomic E-state index is -0.209. The maximum atomic E-state index is 12.1. The van der Waals surface area contributed by atoms with Gasteiger partial charge in [-0.15, -0.1) is 11.3 Å². The van der Waals surface area contributed by atoms with E-state index in [1.165, 1.54) is 16.3 Å². The molecule has 2 amide bonds. The molecule has 1 aromatic heterocycles. The zero-order chi connectivity index (χ0) is 21.0. The Labute approximate surface area is 177 Å². The molecule has 2 heterocycles. The quantitative estimate of drug-likeness (QED) is 0.467. The van der Waals surface area contributed by atoms with Crippen molar-refractivity contribution in [2.75, 3.05) is 36.2 Å². The average molecular weight is 437 g/mol. The van der Waals surface area contributed by atoms with Crippen molar-refractivity contribution >= 4 is 46.1 Å². The third-order valence-corrected chi connectivity index (χ3v) is 5.79. The monoisotopic (exact) mass is 436 g/mol. The Morgan fingerprint density at radius 2 is 2.07 bits per heavy atom. The van der Waals surface area contributed by atoms with Crippen LogP contribution < -0.4 is 26.8 Å². The normalized spacial score (nSPS) is 15.2. The van der Waals surface area contributed by atoms with Crippen LogP contribution in [0.25, 0.3) is 0 Å². The molecule has 0 bridgehead atoms. The van der Waals surface area contributed by atoms with E-state index < -0.39 is 0 Å². The number of rotatable bonds is 6. The molecule has 0 saturated carbocycles. The van der Waals surface area contributed by atoms with Gasteiger partial charge in [-0.1, -0.05) is 11.6 Å². The highest BCUT2D eigenvalue weighted by Gasteiger charge is 2.20. The van der Waals surface area contributed by atoms with Gasteiger partial charge in [0.25, 0.3) is 11.8 Å². The lowest BCUT2D eigenvalue weighted by molar-refractivity contribution is -0.305. The third kappa shape index (κ3) is 5.14. The van der Waals surface area contributed by atoms with Crippen molar-refractivity contribution in [2.24, 2.45) is 5.84 Å². The van der Waals surface area contributed by atoms with Gasteiger partial charge in [0, 0.05) is 12.2 Å². The first kappa shape index (κ1) is 21.3. The first-order chi connectivity index (χ1) is 13.9. The number of morpholine rings is 1. The number of ether oxygens (including phenoxy) is 1. The maximum Gasteiger partial charge on any atom is 0.261 e. The Morgan fingerprint density at radius 1 is 1.34 bits per heavy atom. The van der Waals surface area contributed by atoms with E-state index in [2.05, 4.69) is 11.1 Å². The standard InChI is InChI=1S/C19H22ClN5O3S/c1-12(15(21)10-23-19(27)16-6-7-17(20)29-16)25(22)14-4-2-13(3-5-14)24-8-9-28-11-18(24)26/h2-7H,8-11,21-22H2,1H3,(H,23,27)/p+1. The molecule has 154 valence electrons. The molecule has 1 aromatic carbocycles. The van der Waals surface area contributed by atoms with Gasteiger partial charge in [0.15, 0.2) is 0 Å². The van der Waals surface area contributed by atoms with Crippen molar-refractivity contribution in [3.8, 4) is 0 Å². The summed E-state index contributed by atoms with van der Waals surface area (Å²) in [5.41, 5.74) is 6.94. The zero-order valence-electron chi connectivity index (χ0n) is 16.0. The minimum Gasteiger partial charge on any atom is -0.370 e. The lowest BCUT2D eigenvalue weighted by Crippen LogP contribution is -2.55. The Morgan fingerprint density at radius 3 is 2.69 bits per heavy atom. The summed E-state index contributed by atoms with van der Waals surface area (Å²) in [5.74, 6) is 5.95. The van der Waals surface area contributed by atoms with Crippen LogP contribution in [0.5, 0.6) is 0 Å². The molecule has 1 fully saturated rings. The van der Waals surface area contributed by atoms with Gasteiger partial charge in [0.2, 0.25) is 0 Å². The summed E-state index contributed by atoms with van der Waals surface area (Å²) in [6.07, 6.45) is 0. The molecule has 1 aliphatic rings. The largest absolute Gasteiger partial charge is 0.370 e. The van der Waals surface area contributed by atoms with Crippen molar-refractivity contribution in [1.29, 1.82) is 0 Å². The number of carbonyl (C=O) groups excluding carboxylic acids is 2. The van der Waals surface area contributed by atoms with E-state index in [1.54, 1.807) is 17.0 Å². The van der Waals surface area contributed by atoms with E-state index in [-0.39, 0.29) is 25.0 Å². The number of nitrogens with one attached hydrogen (secondary N) is 1. The fraction of sp³-hybridized carbons (Fsp3) is 0.263. The van der Waals surface area contributed by atoms with Crippen molar-refractivity contribution in [3.05, 3.63) is 57.0 Å². The van der Waals surface area contributed by atoms with Crippen LogP contribution in [0, 0.1) is 0 Å². The van der Waals surface area contributed by atoms with Crippen molar-refractivity contribution in [2.45, 2.75) is 6.92 Å². The van der Waals surface area contributed by atoms with Crippen molar-refractivity contribution in [1.82, 2.24) is 5.32 Å². The van der Waals surface area contributed by atoms with Gasteiger partial charge >= 0.3 is 0 Å². The predicted molar refractivity (Wildman–Crippen MR) is 114 cm³/mol. The number of allylic oxidation sites excluding steroid dienone is 1. The second-order valence-corrected chi connectivity index (χ2v) is 8.17. The van der Waals surface area contributed by atoms with Gasteiger partial charge in [0.05, 0.1) is 33.7 Å². The Kier molecular flexibility index (Phi) is 6.88. The molecule has 2 aromatic rings. The Hall–Kier alpha value is -2.43. The lowest BCUT2D eigenvalue weighted by atomic mass is 10.2. The van der Waals surface area contributed by atoms with Crippen LogP contribution in [0.2, 0.25) is 4.34 Å². The number of anilines is 2. The number of carbonyl (C=O) groups is 2. The number of hydrogen-bond acceptors (Lipinski definition) is 6. The van der Waals surface area contributed by atoms with Crippen LogP contribution in [0.15, 0.2) is 47.8 Å². The molecule has 0 unspecified atom stereocenters. The fourth-order valence-electron chi connectivity index (χ4n) is 2.79. The van der Waals surface area contributed by atoms with Crippen LogP contribution in [-0.2, 0) is 9.53 Å². The number of nitrogens with two attached hydrogens (primary N) is 1. The topological polar surface area (TPSA) is 116 Å². The highest BCUT2D eigenvalue weighted by Crippen LogP contribution is 2.23. The molecule has 1 aliphatic heterocycles. The highest BCUT2D eigenvalue weighted by molar-refractivity contribution is 7.18. The van der Waals surface area contributed by atoms with Crippen molar-refractivity contribution in [3.63, 3.8) is 0 Å². The molecule has 0 aliphatic carbocycles. The Bertz CT molecular complexity index is 928. The molecule has 29 heavy (non-hydrogen) atoms. The number of hydrogen-bond donors (Lipinski definition) is 3. The molecular weight excluding hydrogens is 414 g/mol. The SMILES string of the molecule is CC(=C([NH3+])CNC(=O)c1ccc(Cl)s1)N(N)c1ccc(N2CCOCC2=O)cc1. The molecule has 3 rings (SSSR count). The number of quaternary nitrogens is 1. The van der Waals surface area contributed by atoms with Crippen LogP contribution >= 0.6 is 22.9 Å². The molecule has 0 atom stereocenters. The second kappa shape index (κ2) is 9.38. The number of halogens is 1. The van der Waals surface area contributed by atoms with E-state index in [0.29, 0.717) is 33.8 Å². The number of amides is 2. The number of nitrogens with zero attached hydrogens (tertiary/aromatic N) is 2. The maximum absolute atomic E-state index is 12.1. The summed E-state index contributed by atoms with van der Waals surface area (Å²) in [4.78, 5) is 26.3. The van der Waals surface area contributed by atoms with Crippen LogP contribution in [-0.4, -0.2) is 38.1 Å². The lowest BCUT2D eigenvalue weighted by Gasteiger charge is -2.27. The first-order valence-electron chi connectivity index (χ1n) is 8.95. The second-order valence-electron chi connectivity index (χ2n) is 6.46. The van der Waals surface area contributed by atoms with Crippen LogP contribution in [0.3, 0.4) is 0 Å². The summed E-state index contributed by atoms with van der Waals surface area (Å²) >= 11 is 7.08. The summed E-state index contributed by atoms with van der Waals surface area (Å²) in [5, 5.41) is 4.31. The fourth-order valence-corrected chi connectivity index (χ4v) is 3.75. The van der Waals surface area contributed by atoms with Gasteiger partial charge in [-0.05, 0) is 43.3 Å². The van der Waals surface area contributed by atoms with E-state index in [9.17, 15) is 9.59 Å². The smallest absolute Gasteiger partial charge is 0.261 e. The number of hydrazine groups is 1. The van der Waals surface area contributed by atoms with E-state index >= 15 is 0 Å². The molecule has 0 radical (unpaired) electrons. The van der Waals surface area contributed by atoms with Gasteiger partial charge < -0.3 is 20.7 Å². The van der Waals surface area contributed by atoms with Gasteiger partial charge in [-0.3, -0.25) is 14.6 Å².